The standard InChI is InChI=1S/C13H15NO3/c1-2-6-12(15)14-11(13(16)17)9-10-7-4-3-5-8-10/h2-8,11H,9H2,1H3,(H,14,15)(H,16,17)/b6-2+/t11-/m1/s1. The van der Waals surface area contributed by atoms with Crippen LogP contribution in [0.5, 0.6) is 0 Å². The molecule has 0 bridgehead atoms. The van der Waals surface area contributed by atoms with Crippen LogP contribution in [0.2, 0.25) is 0 Å². The van der Waals surface area contributed by atoms with Gasteiger partial charge in [0.1, 0.15) is 6.04 Å². The van der Waals surface area contributed by atoms with E-state index in [0.29, 0.717) is 0 Å². The zero-order chi connectivity index (χ0) is 12.7. The summed E-state index contributed by atoms with van der Waals surface area (Å²) in [7, 11) is 0. The molecule has 0 saturated carbocycles. The number of nitrogens with one attached hydrogen (secondary N) is 1. The molecule has 90 valence electrons. The quantitative estimate of drug-likeness (QED) is 0.755. The van der Waals surface area contributed by atoms with Crippen molar-refractivity contribution in [2.45, 2.75) is 19.4 Å². The van der Waals surface area contributed by atoms with Crippen LogP contribution in [-0.2, 0) is 16.0 Å². The lowest BCUT2D eigenvalue weighted by molar-refractivity contribution is -0.141. The van der Waals surface area contributed by atoms with E-state index in [1.165, 1.54) is 6.08 Å². The van der Waals surface area contributed by atoms with Crippen LogP contribution in [-0.4, -0.2) is 23.0 Å². The van der Waals surface area contributed by atoms with Crippen molar-refractivity contribution in [2.24, 2.45) is 0 Å². The molecule has 1 aromatic carbocycles. The first-order chi connectivity index (χ1) is 8.13. The summed E-state index contributed by atoms with van der Waals surface area (Å²) in [5.74, 6) is -1.43. The van der Waals surface area contributed by atoms with E-state index >= 15 is 0 Å². The molecule has 1 aromatic rings. The smallest absolute Gasteiger partial charge is 0.326 e. The van der Waals surface area contributed by atoms with E-state index < -0.39 is 17.9 Å². The number of carboxylic acid groups (broad SMARTS) is 1. The monoisotopic (exact) mass is 233 g/mol. The molecule has 0 unspecified atom stereocenters. The van der Waals surface area contributed by atoms with Gasteiger partial charge in [-0.25, -0.2) is 4.79 Å². The lowest BCUT2D eigenvalue weighted by Crippen LogP contribution is -2.41. The molecule has 0 saturated heterocycles. The molecule has 0 radical (unpaired) electrons. The minimum absolute atomic E-state index is 0.277. The summed E-state index contributed by atoms with van der Waals surface area (Å²) < 4.78 is 0. The Kier molecular flexibility index (Phi) is 4.94. The molecule has 0 aliphatic carbocycles. The maximum absolute atomic E-state index is 11.3. The third-order valence-electron chi connectivity index (χ3n) is 2.22. The number of carbonyl (C=O) groups is 2. The average molecular weight is 233 g/mol. The fraction of sp³-hybridized carbons (Fsp3) is 0.231. The number of allylic oxidation sites excluding steroid dienone is 1. The van der Waals surface area contributed by atoms with Crippen molar-refractivity contribution in [3.05, 3.63) is 48.0 Å². The summed E-state index contributed by atoms with van der Waals surface area (Å²) in [6.07, 6.45) is 3.15. The SMILES string of the molecule is C/C=C/C(=O)N[C@H](Cc1ccccc1)C(=O)O. The topological polar surface area (TPSA) is 66.4 Å². The van der Waals surface area contributed by atoms with Gasteiger partial charge in [0.2, 0.25) is 5.91 Å². The van der Waals surface area contributed by atoms with Gasteiger partial charge in [-0.1, -0.05) is 36.4 Å². The molecule has 0 heterocycles. The number of benzene rings is 1. The normalized spacial score (nSPS) is 12.3. The Hall–Kier alpha value is -2.10. The molecule has 0 spiro atoms. The summed E-state index contributed by atoms with van der Waals surface area (Å²) >= 11 is 0. The molecule has 4 nitrogen and oxygen atoms in total. The largest absolute Gasteiger partial charge is 0.480 e. The van der Waals surface area contributed by atoms with Crippen molar-refractivity contribution < 1.29 is 14.7 Å². The van der Waals surface area contributed by atoms with Gasteiger partial charge in [-0.3, -0.25) is 4.79 Å². The average Bonchev–Trinajstić information content (AvgIpc) is 2.29. The Morgan fingerprint density at radius 1 is 1.35 bits per heavy atom. The maximum atomic E-state index is 11.3. The van der Waals surface area contributed by atoms with E-state index in [1.54, 1.807) is 13.0 Å². The minimum atomic E-state index is -1.04. The number of carboxylic acids is 1. The summed E-state index contributed by atoms with van der Waals surface area (Å²) in [6, 6.07) is 8.29. The highest BCUT2D eigenvalue weighted by atomic mass is 16.4. The third kappa shape index (κ3) is 4.51. The fourth-order valence-corrected chi connectivity index (χ4v) is 1.42. The predicted octanol–water partition coefficient (Wildman–Crippen LogP) is 1.37. The van der Waals surface area contributed by atoms with E-state index in [-0.39, 0.29) is 6.42 Å². The minimum Gasteiger partial charge on any atom is -0.480 e. The van der Waals surface area contributed by atoms with E-state index in [4.69, 9.17) is 5.11 Å². The summed E-state index contributed by atoms with van der Waals surface area (Å²) in [6.45, 7) is 1.70. The number of hydrogen-bond donors (Lipinski definition) is 2. The molecule has 0 aliphatic rings. The van der Waals surface area contributed by atoms with Crippen molar-refractivity contribution >= 4 is 11.9 Å². The lowest BCUT2D eigenvalue weighted by atomic mass is 10.1. The molecule has 0 fully saturated rings. The van der Waals surface area contributed by atoms with Crippen molar-refractivity contribution in [1.29, 1.82) is 0 Å². The van der Waals surface area contributed by atoms with Gasteiger partial charge in [0.25, 0.3) is 0 Å². The van der Waals surface area contributed by atoms with E-state index in [1.807, 2.05) is 30.3 Å². The van der Waals surface area contributed by atoms with Gasteiger partial charge in [0, 0.05) is 6.42 Å². The molecule has 1 amide bonds. The second-order valence-electron chi connectivity index (χ2n) is 3.59. The summed E-state index contributed by atoms with van der Waals surface area (Å²) in [5, 5.41) is 11.5. The van der Waals surface area contributed by atoms with Crippen molar-refractivity contribution in [3.63, 3.8) is 0 Å². The van der Waals surface area contributed by atoms with Crippen LogP contribution in [0.15, 0.2) is 42.5 Å². The number of rotatable bonds is 5. The number of aliphatic carboxylic acids is 1. The fourth-order valence-electron chi connectivity index (χ4n) is 1.42. The van der Waals surface area contributed by atoms with Crippen molar-refractivity contribution in [1.82, 2.24) is 5.32 Å². The molecular weight excluding hydrogens is 218 g/mol. The van der Waals surface area contributed by atoms with Gasteiger partial charge in [0.15, 0.2) is 0 Å². The van der Waals surface area contributed by atoms with Crippen LogP contribution in [0, 0.1) is 0 Å². The van der Waals surface area contributed by atoms with E-state index in [9.17, 15) is 9.59 Å². The summed E-state index contributed by atoms with van der Waals surface area (Å²) in [4.78, 5) is 22.3. The van der Waals surface area contributed by atoms with Crippen LogP contribution in [0.4, 0.5) is 0 Å². The van der Waals surface area contributed by atoms with Gasteiger partial charge in [-0.15, -0.1) is 0 Å². The molecule has 0 aliphatic heterocycles. The van der Waals surface area contributed by atoms with Gasteiger partial charge < -0.3 is 10.4 Å². The first-order valence-electron chi connectivity index (χ1n) is 5.33. The molecule has 2 N–H and O–H groups in total. The highest BCUT2D eigenvalue weighted by molar-refractivity contribution is 5.91. The number of amides is 1. The van der Waals surface area contributed by atoms with Crippen LogP contribution in [0.1, 0.15) is 12.5 Å². The molecule has 1 rings (SSSR count). The highest BCUT2D eigenvalue weighted by Gasteiger charge is 2.18. The molecule has 1 atom stereocenters. The maximum Gasteiger partial charge on any atom is 0.326 e. The molecule has 4 heteroatoms. The second kappa shape index (κ2) is 6.48. The Morgan fingerprint density at radius 3 is 2.53 bits per heavy atom. The Labute approximate surface area is 100.0 Å². The zero-order valence-electron chi connectivity index (χ0n) is 9.59. The van der Waals surface area contributed by atoms with Gasteiger partial charge in [0.05, 0.1) is 0 Å². The van der Waals surface area contributed by atoms with Crippen LogP contribution >= 0.6 is 0 Å². The number of carbonyl (C=O) groups excluding carboxylic acids is 1. The van der Waals surface area contributed by atoms with Gasteiger partial charge in [-0.05, 0) is 18.6 Å². The van der Waals surface area contributed by atoms with Crippen molar-refractivity contribution in [3.8, 4) is 0 Å². The Balaban J connectivity index is 2.67. The van der Waals surface area contributed by atoms with E-state index in [2.05, 4.69) is 5.32 Å². The van der Waals surface area contributed by atoms with Crippen molar-refractivity contribution in [2.75, 3.05) is 0 Å². The van der Waals surface area contributed by atoms with Crippen LogP contribution < -0.4 is 5.32 Å². The first kappa shape index (κ1) is 13.0. The van der Waals surface area contributed by atoms with E-state index in [0.717, 1.165) is 5.56 Å². The second-order valence-corrected chi connectivity index (χ2v) is 3.59. The third-order valence-corrected chi connectivity index (χ3v) is 2.22. The highest BCUT2D eigenvalue weighted by Crippen LogP contribution is 2.03. The number of hydrogen-bond acceptors (Lipinski definition) is 2. The molecule has 17 heavy (non-hydrogen) atoms. The van der Waals surface area contributed by atoms with Gasteiger partial charge in [-0.2, -0.15) is 0 Å². The Bertz CT molecular complexity index is 412. The molecular formula is C13H15NO3. The van der Waals surface area contributed by atoms with Crippen LogP contribution in [0.25, 0.3) is 0 Å². The lowest BCUT2D eigenvalue weighted by Gasteiger charge is -2.13. The first-order valence-corrected chi connectivity index (χ1v) is 5.33. The molecule has 0 aromatic heterocycles. The predicted molar refractivity (Wildman–Crippen MR) is 64.5 cm³/mol. The van der Waals surface area contributed by atoms with Crippen LogP contribution in [0.3, 0.4) is 0 Å². The van der Waals surface area contributed by atoms with Gasteiger partial charge >= 0.3 is 5.97 Å². The Morgan fingerprint density at radius 2 is 2.00 bits per heavy atom. The zero-order valence-corrected chi connectivity index (χ0v) is 9.59. The summed E-state index contributed by atoms with van der Waals surface area (Å²) in [5.41, 5.74) is 0.876.